The molecule has 4 nitrogen and oxygen atoms in total. The van der Waals surface area contributed by atoms with Crippen LogP contribution in [0.4, 0.5) is 5.13 Å². The summed E-state index contributed by atoms with van der Waals surface area (Å²) in [6.45, 7) is 2.03. The fourth-order valence-electron chi connectivity index (χ4n) is 2.05. The number of piperidine rings is 1. The minimum atomic E-state index is 0.312. The number of hydrogen-bond donors (Lipinski definition) is 1. The molecule has 2 aliphatic rings. The molecule has 5 heteroatoms. The SMILES string of the molecule is NC1CCCN(c2nc(C3CC3)ns2)C1. The van der Waals surface area contributed by atoms with Crippen LogP contribution < -0.4 is 10.6 Å². The first-order chi connectivity index (χ1) is 7.33. The molecule has 1 aromatic heterocycles. The molecule has 0 spiro atoms. The number of nitrogens with zero attached hydrogens (tertiary/aromatic N) is 3. The van der Waals surface area contributed by atoms with E-state index in [2.05, 4.69) is 14.3 Å². The summed E-state index contributed by atoms with van der Waals surface area (Å²) in [5, 5.41) is 1.08. The standard InChI is InChI=1S/C10H16N4S/c11-8-2-1-5-14(6-8)10-12-9(13-15-10)7-3-4-7/h7-8H,1-6,11H2. The normalized spacial score (nSPS) is 27.0. The quantitative estimate of drug-likeness (QED) is 0.823. The van der Waals surface area contributed by atoms with Crippen molar-refractivity contribution in [3.05, 3.63) is 5.82 Å². The zero-order valence-electron chi connectivity index (χ0n) is 8.72. The molecule has 1 saturated carbocycles. The molecule has 1 aliphatic carbocycles. The van der Waals surface area contributed by atoms with Crippen LogP contribution >= 0.6 is 11.5 Å². The maximum absolute atomic E-state index is 5.96. The second-order valence-electron chi connectivity index (χ2n) is 4.56. The lowest BCUT2D eigenvalue weighted by Crippen LogP contribution is -2.42. The molecular formula is C10H16N4S. The summed E-state index contributed by atoms with van der Waals surface area (Å²) < 4.78 is 4.43. The molecule has 1 atom stereocenters. The molecule has 1 saturated heterocycles. The van der Waals surface area contributed by atoms with Crippen molar-refractivity contribution >= 4 is 16.7 Å². The first kappa shape index (κ1) is 9.54. The first-order valence-electron chi connectivity index (χ1n) is 5.67. The third kappa shape index (κ3) is 1.99. The van der Waals surface area contributed by atoms with Gasteiger partial charge in [-0.25, -0.2) is 4.98 Å². The van der Waals surface area contributed by atoms with Gasteiger partial charge in [0.25, 0.3) is 0 Å². The summed E-state index contributed by atoms with van der Waals surface area (Å²) >= 11 is 1.54. The van der Waals surface area contributed by atoms with E-state index >= 15 is 0 Å². The Kier molecular flexibility index (Phi) is 2.36. The third-order valence-electron chi connectivity index (χ3n) is 3.10. The van der Waals surface area contributed by atoms with Gasteiger partial charge in [-0.3, -0.25) is 0 Å². The fourth-order valence-corrected chi connectivity index (χ4v) is 2.83. The maximum atomic E-state index is 5.96. The molecular weight excluding hydrogens is 208 g/mol. The minimum Gasteiger partial charge on any atom is -0.345 e. The zero-order chi connectivity index (χ0) is 10.3. The number of hydrogen-bond acceptors (Lipinski definition) is 5. The third-order valence-corrected chi connectivity index (χ3v) is 3.89. The van der Waals surface area contributed by atoms with Crippen LogP contribution in [-0.4, -0.2) is 28.5 Å². The summed E-state index contributed by atoms with van der Waals surface area (Å²) in [7, 11) is 0. The number of aromatic nitrogens is 2. The molecule has 0 radical (unpaired) electrons. The molecule has 1 unspecified atom stereocenters. The summed E-state index contributed by atoms with van der Waals surface area (Å²) in [5.41, 5.74) is 5.96. The summed E-state index contributed by atoms with van der Waals surface area (Å²) in [4.78, 5) is 6.90. The van der Waals surface area contributed by atoms with Gasteiger partial charge in [0, 0.05) is 36.6 Å². The number of nitrogens with two attached hydrogens (primary N) is 1. The van der Waals surface area contributed by atoms with Crippen molar-refractivity contribution in [2.75, 3.05) is 18.0 Å². The maximum Gasteiger partial charge on any atom is 0.205 e. The van der Waals surface area contributed by atoms with Crippen LogP contribution in [0.1, 0.15) is 37.4 Å². The first-order valence-corrected chi connectivity index (χ1v) is 6.44. The topological polar surface area (TPSA) is 55.0 Å². The Bertz CT molecular complexity index is 347. The lowest BCUT2D eigenvalue weighted by molar-refractivity contribution is 0.505. The van der Waals surface area contributed by atoms with Gasteiger partial charge in [0.1, 0.15) is 5.82 Å². The second kappa shape index (κ2) is 3.72. The Morgan fingerprint density at radius 3 is 2.93 bits per heavy atom. The van der Waals surface area contributed by atoms with Crippen molar-refractivity contribution in [3.63, 3.8) is 0 Å². The lowest BCUT2D eigenvalue weighted by Gasteiger charge is -2.29. The van der Waals surface area contributed by atoms with Gasteiger partial charge in [0.2, 0.25) is 5.13 Å². The highest BCUT2D eigenvalue weighted by Gasteiger charge is 2.29. The Morgan fingerprint density at radius 1 is 1.33 bits per heavy atom. The summed E-state index contributed by atoms with van der Waals surface area (Å²) in [6.07, 6.45) is 4.87. The average molecular weight is 224 g/mol. The average Bonchev–Trinajstić information content (AvgIpc) is 2.97. The Hall–Kier alpha value is -0.680. The lowest BCUT2D eigenvalue weighted by atomic mass is 10.1. The van der Waals surface area contributed by atoms with E-state index in [1.165, 1.54) is 30.8 Å². The van der Waals surface area contributed by atoms with Crippen molar-refractivity contribution in [2.45, 2.75) is 37.6 Å². The van der Waals surface area contributed by atoms with Gasteiger partial charge in [-0.05, 0) is 25.7 Å². The van der Waals surface area contributed by atoms with Crippen LogP contribution in [-0.2, 0) is 0 Å². The molecule has 15 heavy (non-hydrogen) atoms. The molecule has 2 fully saturated rings. The van der Waals surface area contributed by atoms with E-state index in [0.717, 1.165) is 30.5 Å². The van der Waals surface area contributed by atoms with Gasteiger partial charge in [0.15, 0.2) is 0 Å². The van der Waals surface area contributed by atoms with Gasteiger partial charge in [-0.15, -0.1) is 0 Å². The Balaban J connectivity index is 1.73. The van der Waals surface area contributed by atoms with E-state index in [1.807, 2.05) is 0 Å². The second-order valence-corrected chi connectivity index (χ2v) is 5.29. The highest BCUT2D eigenvalue weighted by Crippen LogP contribution is 2.39. The van der Waals surface area contributed by atoms with Crippen LogP contribution in [0.15, 0.2) is 0 Å². The smallest absolute Gasteiger partial charge is 0.205 e. The monoisotopic (exact) mass is 224 g/mol. The molecule has 0 aromatic carbocycles. The van der Waals surface area contributed by atoms with Crippen LogP contribution in [0.2, 0.25) is 0 Å². The van der Waals surface area contributed by atoms with Gasteiger partial charge < -0.3 is 10.6 Å². The summed E-state index contributed by atoms with van der Waals surface area (Å²) in [5.74, 6) is 1.72. The highest BCUT2D eigenvalue weighted by atomic mass is 32.1. The molecule has 1 aromatic rings. The largest absolute Gasteiger partial charge is 0.345 e. The molecule has 2 heterocycles. The van der Waals surface area contributed by atoms with Gasteiger partial charge in [0.05, 0.1) is 0 Å². The molecule has 82 valence electrons. The molecule has 0 amide bonds. The van der Waals surface area contributed by atoms with Crippen molar-refractivity contribution in [1.82, 2.24) is 9.36 Å². The predicted octanol–water partition coefficient (Wildman–Crippen LogP) is 1.34. The van der Waals surface area contributed by atoms with Crippen molar-refractivity contribution < 1.29 is 0 Å². The predicted molar refractivity (Wildman–Crippen MR) is 61.3 cm³/mol. The van der Waals surface area contributed by atoms with Crippen molar-refractivity contribution in [3.8, 4) is 0 Å². The zero-order valence-corrected chi connectivity index (χ0v) is 9.54. The van der Waals surface area contributed by atoms with Crippen molar-refractivity contribution in [2.24, 2.45) is 5.73 Å². The summed E-state index contributed by atoms with van der Waals surface area (Å²) in [6, 6.07) is 0.312. The Morgan fingerprint density at radius 2 is 2.20 bits per heavy atom. The van der Waals surface area contributed by atoms with Gasteiger partial charge >= 0.3 is 0 Å². The molecule has 0 bridgehead atoms. The Labute approximate surface area is 93.7 Å². The van der Waals surface area contributed by atoms with E-state index in [1.54, 1.807) is 0 Å². The van der Waals surface area contributed by atoms with Crippen LogP contribution in [0.5, 0.6) is 0 Å². The van der Waals surface area contributed by atoms with E-state index in [0.29, 0.717) is 12.0 Å². The van der Waals surface area contributed by atoms with E-state index in [4.69, 9.17) is 5.73 Å². The fraction of sp³-hybridized carbons (Fsp3) is 0.800. The van der Waals surface area contributed by atoms with E-state index in [-0.39, 0.29) is 0 Å². The van der Waals surface area contributed by atoms with Crippen molar-refractivity contribution in [1.29, 1.82) is 0 Å². The number of anilines is 1. The molecule has 3 rings (SSSR count). The van der Waals surface area contributed by atoms with Crippen LogP contribution in [0, 0.1) is 0 Å². The highest BCUT2D eigenvalue weighted by molar-refractivity contribution is 7.09. The van der Waals surface area contributed by atoms with Crippen LogP contribution in [0.3, 0.4) is 0 Å². The van der Waals surface area contributed by atoms with E-state index < -0.39 is 0 Å². The molecule has 1 aliphatic heterocycles. The van der Waals surface area contributed by atoms with Gasteiger partial charge in [-0.1, -0.05) is 0 Å². The molecule has 2 N–H and O–H groups in total. The number of rotatable bonds is 2. The van der Waals surface area contributed by atoms with E-state index in [9.17, 15) is 0 Å². The van der Waals surface area contributed by atoms with Gasteiger partial charge in [-0.2, -0.15) is 4.37 Å². The minimum absolute atomic E-state index is 0.312. The van der Waals surface area contributed by atoms with Crippen LogP contribution in [0.25, 0.3) is 0 Å².